The summed E-state index contributed by atoms with van der Waals surface area (Å²) in [4.78, 5) is 0.263. The lowest BCUT2D eigenvalue weighted by molar-refractivity contribution is 0.601. The van der Waals surface area contributed by atoms with E-state index in [9.17, 15) is 8.42 Å². The van der Waals surface area contributed by atoms with Crippen LogP contribution in [0, 0.1) is 0 Å². The van der Waals surface area contributed by atoms with Crippen LogP contribution in [-0.2, 0) is 16.4 Å². The molecule has 1 heterocycles. The topological polar surface area (TPSA) is 58.2 Å². The zero-order chi connectivity index (χ0) is 15.6. The van der Waals surface area contributed by atoms with E-state index in [1.54, 1.807) is 36.4 Å². The molecule has 0 aromatic heterocycles. The number of hydrogen-bond acceptors (Lipinski definition) is 3. The minimum absolute atomic E-state index is 0.263. The molecule has 116 valence electrons. The zero-order valence-electron chi connectivity index (χ0n) is 12.0. The lowest BCUT2D eigenvalue weighted by Crippen LogP contribution is -2.13. The zero-order valence-corrected chi connectivity index (χ0v) is 14.4. The molecule has 0 aliphatic carbocycles. The standard InChI is InChI=1S/C16H17BrN2O2S/c17-15-11-13(10-12-6-4-5-9-18-16(12)15)19-22(20,21)14-7-2-1-3-8-14/h1-3,7-8,10-11,18-19H,4-6,9H2. The second kappa shape index (κ2) is 6.30. The minimum atomic E-state index is -3.56. The van der Waals surface area contributed by atoms with Crippen molar-refractivity contribution in [3.8, 4) is 0 Å². The number of fused-ring (bicyclic) bond motifs is 1. The van der Waals surface area contributed by atoms with Gasteiger partial charge in [-0.1, -0.05) is 18.2 Å². The molecule has 0 spiro atoms. The van der Waals surface area contributed by atoms with Crippen molar-refractivity contribution in [2.24, 2.45) is 0 Å². The fraction of sp³-hybridized carbons (Fsp3) is 0.250. The van der Waals surface area contributed by atoms with Gasteiger partial charge in [0.05, 0.1) is 16.3 Å². The molecule has 2 aromatic rings. The molecular formula is C16H17BrN2O2S. The molecule has 0 saturated heterocycles. The first-order chi connectivity index (χ1) is 10.6. The molecule has 0 amide bonds. The first-order valence-electron chi connectivity index (χ1n) is 7.20. The van der Waals surface area contributed by atoms with Crippen LogP contribution >= 0.6 is 15.9 Å². The van der Waals surface area contributed by atoms with Crippen LogP contribution in [0.5, 0.6) is 0 Å². The first-order valence-corrected chi connectivity index (χ1v) is 9.48. The predicted octanol–water partition coefficient (Wildman–Crippen LogP) is 4.00. The van der Waals surface area contributed by atoms with Crippen LogP contribution in [0.2, 0.25) is 0 Å². The molecule has 0 bridgehead atoms. The molecular weight excluding hydrogens is 364 g/mol. The summed E-state index contributed by atoms with van der Waals surface area (Å²) in [6.07, 6.45) is 3.16. The Hall–Kier alpha value is -1.53. The van der Waals surface area contributed by atoms with E-state index < -0.39 is 10.0 Å². The summed E-state index contributed by atoms with van der Waals surface area (Å²) < 4.78 is 28.4. The second-order valence-electron chi connectivity index (χ2n) is 5.29. The predicted molar refractivity (Wildman–Crippen MR) is 92.8 cm³/mol. The second-order valence-corrected chi connectivity index (χ2v) is 7.83. The Morgan fingerprint density at radius 1 is 1.09 bits per heavy atom. The van der Waals surface area contributed by atoms with Crippen molar-refractivity contribution < 1.29 is 8.42 Å². The fourth-order valence-corrected chi connectivity index (χ4v) is 4.29. The summed E-state index contributed by atoms with van der Waals surface area (Å²) in [5, 5.41) is 3.39. The van der Waals surface area contributed by atoms with Gasteiger partial charge in [-0.05, 0) is 65.0 Å². The summed E-state index contributed by atoms with van der Waals surface area (Å²) in [6, 6.07) is 12.1. The van der Waals surface area contributed by atoms with Crippen molar-refractivity contribution in [1.29, 1.82) is 0 Å². The number of sulfonamides is 1. The third kappa shape index (κ3) is 3.28. The van der Waals surface area contributed by atoms with E-state index in [1.807, 2.05) is 6.07 Å². The number of aryl methyl sites for hydroxylation is 1. The highest BCUT2D eigenvalue weighted by atomic mass is 79.9. The normalized spacial score (nSPS) is 14.6. The number of hydrogen-bond donors (Lipinski definition) is 2. The van der Waals surface area contributed by atoms with Crippen molar-refractivity contribution in [3.63, 3.8) is 0 Å². The van der Waals surface area contributed by atoms with Gasteiger partial charge in [-0.3, -0.25) is 4.72 Å². The maximum Gasteiger partial charge on any atom is 0.261 e. The number of halogens is 1. The van der Waals surface area contributed by atoms with Gasteiger partial charge in [0.1, 0.15) is 0 Å². The quantitative estimate of drug-likeness (QED) is 0.845. The van der Waals surface area contributed by atoms with Gasteiger partial charge in [-0.25, -0.2) is 8.42 Å². The van der Waals surface area contributed by atoms with E-state index in [4.69, 9.17) is 0 Å². The third-order valence-corrected chi connectivity index (χ3v) is 5.67. The van der Waals surface area contributed by atoms with Crippen LogP contribution in [0.15, 0.2) is 51.8 Å². The van der Waals surface area contributed by atoms with Crippen LogP contribution < -0.4 is 10.0 Å². The van der Waals surface area contributed by atoms with E-state index in [1.165, 1.54) is 0 Å². The fourth-order valence-electron chi connectivity index (χ4n) is 2.59. The summed E-state index contributed by atoms with van der Waals surface area (Å²) in [7, 11) is -3.56. The molecule has 22 heavy (non-hydrogen) atoms. The molecule has 6 heteroatoms. The molecule has 3 rings (SSSR count). The van der Waals surface area contributed by atoms with Gasteiger partial charge in [0, 0.05) is 11.0 Å². The van der Waals surface area contributed by atoms with Crippen molar-refractivity contribution in [2.45, 2.75) is 24.2 Å². The Labute approximate surface area is 139 Å². The average Bonchev–Trinajstić information content (AvgIpc) is 2.73. The number of nitrogens with one attached hydrogen (secondary N) is 2. The van der Waals surface area contributed by atoms with E-state index >= 15 is 0 Å². The maximum atomic E-state index is 12.4. The van der Waals surface area contributed by atoms with Gasteiger partial charge >= 0.3 is 0 Å². The average molecular weight is 381 g/mol. The lowest BCUT2D eigenvalue weighted by atomic mass is 10.1. The SMILES string of the molecule is O=S(=O)(Nc1cc(Br)c2c(c1)CCCCN2)c1ccccc1. The number of benzene rings is 2. The summed E-state index contributed by atoms with van der Waals surface area (Å²) in [5.74, 6) is 0. The highest BCUT2D eigenvalue weighted by Gasteiger charge is 2.17. The largest absolute Gasteiger partial charge is 0.384 e. The highest BCUT2D eigenvalue weighted by molar-refractivity contribution is 9.10. The van der Waals surface area contributed by atoms with Gasteiger partial charge in [-0.15, -0.1) is 0 Å². The Balaban J connectivity index is 1.93. The van der Waals surface area contributed by atoms with E-state index in [-0.39, 0.29) is 4.90 Å². The smallest absolute Gasteiger partial charge is 0.261 e. The molecule has 1 aliphatic heterocycles. The molecule has 0 saturated carbocycles. The first kappa shape index (κ1) is 15.4. The lowest BCUT2D eigenvalue weighted by Gasteiger charge is -2.14. The molecule has 1 aliphatic rings. The van der Waals surface area contributed by atoms with Gasteiger partial charge in [-0.2, -0.15) is 0 Å². The van der Waals surface area contributed by atoms with Crippen LogP contribution in [-0.4, -0.2) is 15.0 Å². The third-order valence-electron chi connectivity index (χ3n) is 3.65. The van der Waals surface area contributed by atoms with E-state index in [0.717, 1.165) is 41.5 Å². The monoisotopic (exact) mass is 380 g/mol. The summed E-state index contributed by atoms with van der Waals surface area (Å²) in [6.45, 7) is 0.945. The van der Waals surface area contributed by atoms with Gasteiger partial charge in [0.15, 0.2) is 0 Å². The molecule has 0 atom stereocenters. The number of anilines is 2. The Kier molecular flexibility index (Phi) is 4.40. The molecule has 4 nitrogen and oxygen atoms in total. The Morgan fingerprint density at radius 2 is 1.86 bits per heavy atom. The van der Waals surface area contributed by atoms with E-state index in [2.05, 4.69) is 26.0 Å². The molecule has 0 fully saturated rings. The van der Waals surface area contributed by atoms with Crippen LogP contribution in [0.4, 0.5) is 11.4 Å². The van der Waals surface area contributed by atoms with Crippen molar-refractivity contribution in [2.75, 3.05) is 16.6 Å². The summed E-state index contributed by atoms with van der Waals surface area (Å²) in [5.41, 5.74) is 2.79. The molecule has 0 radical (unpaired) electrons. The highest BCUT2D eigenvalue weighted by Crippen LogP contribution is 2.34. The van der Waals surface area contributed by atoms with Crippen molar-refractivity contribution in [1.82, 2.24) is 0 Å². The van der Waals surface area contributed by atoms with Crippen LogP contribution in [0.1, 0.15) is 18.4 Å². The van der Waals surface area contributed by atoms with Crippen LogP contribution in [0.3, 0.4) is 0 Å². The molecule has 2 aromatic carbocycles. The van der Waals surface area contributed by atoms with E-state index in [0.29, 0.717) is 5.69 Å². The molecule has 0 unspecified atom stereocenters. The van der Waals surface area contributed by atoms with Gasteiger partial charge < -0.3 is 5.32 Å². The maximum absolute atomic E-state index is 12.4. The van der Waals surface area contributed by atoms with Gasteiger partial charge in [0.2, 0.25) is 0 Å². The number of rotatable bonds is 3. The van der Waals surface area contributed by atoms with Crippen molar-refractivity contribution >= 4 is 37.3 Å². The van der Waals surface area contributed by atoms with Gasteiger partial charge in [0.25, 0.3) is 10.0 Å². The van der Waals surface area contributed by atoms with Crippen molar-refractivity contribution in [3.05, 3.63) is 52.5 Å². The molecule has 2 N–H and O–H groups in total. The summed E-state index contributed by atoms with van der Waals surface area (Å²) >= 11 is 3.53. The van der Waals surface area contributed by atoms with Crippen LogP contribution in [0.25, 0.3) is 0 Å². The Bertz CT molecular complexity index is 776. The Morgan fingerprint density at radius 3 is 2.64 bits per heavy atom. The minimum Gasteiger partial charge on any atom is -0.384 e.